The molecule has 4 nitrogen and oxygen atoms in total. The minimum atomic E-state index is -0.465. The number of hydrogen-bond acceptors (Lipinski definition) is 3. The molecule has 6 heteroatoms. The van der Waals surface area contributed by atoms with Gasteiger partial charge in [0.25, 0.3) is 0 Å². The summed E-state index contributed by atoms with van der Waals surface area (Å²) in [6, 6.07) is 10.9. The number of aromatic nitrogens is 1. The monoisotopic (exact) mass is 406 g/mol. The van der Waals surface area contributed by atoms with E-state index >= 15 is 0 Å². The van der Waals surface area contributed by atoms with Crippen LogP contribution in [0.4, 0.5) is 5.69 Å². The topological polar surface area (TPSA) is 55.1 Å². The quantitative estimate of drug-likeness (QED) is 0.576. The Morgan fingerprint density at radius 2 is 1.96 bits per heavy atom. The molecule has 0 atom stereocenters. The molecule has 24 heavy (non-hydrogen) atoms. The van der Waals surface area contributed by atoms with Gasteiger partial charge in [0.15, 0.2) is 5.58 Å². The van der Waals surface area contributed by atoms with Crippen molar-refractivity contribution in [3.63, 3.8) is 0 Å². The standard InChI is InChI=1S/C18H16BrClN2O2/c1-18(2,3)17(23)21-11-5-7-15-14(9-11)22-16(24-15)12-8-10(19)4-6-13(12)20/h4-9H,1-3H3,(H,21,23). The van der Waals surface area contributed by atoms with Gasteiger partial charge in [0.2, 0.25) is 11.8 Å². The Morgan fingerprint density at radius 3 is 2.67 bits per heavy atom. The molecular formula is C18H16BrClN2O2. The smallest absolute Gasteiger partial charge is 0.229 e. The normalized spacial score (nSPS) is 11.7. The van der Waals surface area contributed by atoms with Gasteiger partial charge in [-0.25, -0.2) is 4.98 Å². The third-order valence-corrected chi connectivity index (χ3v) is 4.31. The van der Waals surface area contributed by atoms with Gasteiger partial charge >= 0.3 is 0 Å². The maximum absolute atomic E-state index is 12.1. The van der Waals surface area contributed by atoms with Crippen LogP contribution in [0.3, 0.4) is 0 Å². The van der Waals surface area contributed by atoms with Crippen LogP contribution in [-0.4, -0.2) is 10.9 Å². The molecule has 2 aromatic carbocycles. The van der Waals surface area contributed by atoms with E-state index in [0.717, 1.165) is 4.47 Å². The van der Waals surface area contributed by atoms with Crippen LogP contribution in [-0.2, 0) is 4.79 Å². The summed E-state index contributed by atoms with van der Waals surface area (Å²) in [6.07, 6.45) is 0. The summed E-state index contributed by atoms with van der Waals surface area (Å²) in [4.78, 5) is 16.6. The van der Waals surface area contributed by atoms with E-state index in [9.17, 15) is 4.79 Å². The van der Waals surface area contributed by atoms with Crippen molar-refractivity contribution in [2.24, 2.45) is 5.41 Å². The van der Waals surface area contributed by atoms with Crippen LogP contribution in [0.5, 0.6) is 0 Å². The Morgan fingerprint density at radius 1 is 1.21 bits per heavy atom. The van der Waals surface area contributed by atoms with Gasteiger partial charge in [-0.15, -0.1) is 0 Å². The fourth-order valence-corrected chi connectivity index (χ4v) is 2.66. The molecule has 0 fully saturated rings. The molecule has 3 rings (SSSR count). The van der Waals surface area contributed by atoms with Crippen molar-refractivity contribution in [1.29, 1.82) is 0 Å². The third-order valence-electron chi connectivity index (χ3n) is 3.49. The van der Waals surface area contributed by atoms with E-state index in [0.29, 0.717) is 33.3 Å². The Kier molecular flexibility index (Phi) is 4.40. The maximum atomic E-state index is 12.1. The highest BCUT2D eigenvalue weighted by atomic mass is 79.9. The Hall–Kier alpha value is -1.85. The number of hydrogen-bond donors (Lipinski definition) is 1. The number of oxazole rings is 1. The number of carbonyl (C=O) groups excluding carboxylic acids is 1. The first kappa shape index (κ1) is 17.0. The van der Waals surface area contributed by atoms with E-state index in [-0.39, 0.29) is 5.91 Å². The van der Waals surface area contributed by atoms with Gasteiger partial charge in [0.1, 0.15) is 5.52 Å². The number of nitrogens with zero attached hydrogens (tertiary/aromatic N) is 1. The molecule has 0 radical (unpaired) electrons. The average molecular weight is 408 g/mol. The van der Waals surface area contributed by atoms with E-state index < -0.39 is 5.41 Å². The molecule has 1 N–H and O–H groups in total. The number of nitrogens with one attached hydrogen (secondary N) is 1. The highest BCUT2D eigenvalue weighted by molar-refractivity contribution is 9.10. The molecule has 1 aromatic heterocycles. The minimum Gasteiger partial charge on any atom is -0.436 e. The van der Waals surface area contributed by atoms with Gasteiger partial charge < -0.3 is 9.73 Å². The van der Waals surface area contributed by atoms with E-state index in [2.05, 4.69) is 26.2 Å². The molecule has 0 bridgehead atoms. The second-order valence-corrected chi connectivity index (χ2v) is 7.85. The molecule has 0 unspecified atom stereocenters. The van der Waals surface area contributed by atoms with Crippen molar-refractivity contribution in [2.75, 3.05) is 5.32 Å². The first-order valence-electron chi connectivity index (χ1n) is 7.41. The summed E-state index contributed by atoms with van der Waals surface area (Å²) in [5.41, 5.74) is 2.22. The molecule has 0 aliphatic carbocycles. The molecular weight excluding hydrogens is 392 g/mol. The van der Waals surface area contributed by atoms with Crippen molar-refractivity contribution in [1.82, 2.24) is 4.98 Å². The number of carbonyl (C=O) groups is 1. The van der Waals surface area contributed by atoms with Crippen LogP contribution >= 0.6 is 27.5 Å². The van der Waals surface area contributed by atoms with Gasteiger partial charge in [0, 0.05) is 15.6 Å². The van der Waals surface area contributed by atoms with Gasteiger partial charge in [0.05, 0.1) is 10.6 Å². The number of amides is 1. The number of benzene rings is 2. The average Bonchev–Trinajstić information content (AvgIpc) is 2.91. The fraction of sp³-hybridized carbons (Fsp3) is 0.222. The largest absolute Gasteiger partial charge is 0.436 e. The molecule has 0 saturated carbocycles. The van der Waals surface area contributed by atoms with Crippen molar-refractivity contribution in [2.45, 2.75) is 20.8 Å². The lowest BCUT2D eigenvalue weighted by Gasteiger charge is -2.17. The molecule has 3 aromatic rings. The second-order valence-electron chi connectivity index (χ2n) is 6.53. The maximum Gasteiger partial charge on any atom is 0.229 e. The third kappa shape index (κ3) is 3.47. The number of rotatable bonds is 2. The summed E-state index contributed by atoms with van der Waals surface area (Å²) in [5.74, 6) is 0.385. The number of fused-ring (bicyclic) bond motifs is 1. The van der Waals surface area contributed by atoms with Crippen LogP contribution in [0.15, 0.2) is 45.3 Å². The van der Waals surface area contributed by atoms with Gasteiger partial charge in [-0.05, 0) is 36.4 Å². The van der Waals surface area contributed by atoms with E-state index in [1.807, 2.05) is 32.9 Å². The highest BCUT2D eigenvalue weighted by Crippen LogP contribution is 2.33. The zero-order valence-corrected chi connectivity index (χ0v) is 15.8. The van der Waals surface area contributed by atoms with Crippen LogP contribution < -0.4 is 5.32 Å². The highest BCUT2D eigenvalue weighted by Gasteiger charge is 2.21. The van der Waals surface area contributed by atoms with Gasteiger partial charge in [-0.1, -0.05) is 48.3 Å². The lowest BCUT2D eigenvalue weighted by Crippen LogP contribution is -2.27. The molecule has 0 saturated heterocycles. The van der Waals surface area contributed by atoms with E-state index in [4.69, 9.17) is 16.0 Å². The fourth-order valence-electron chi connectivity index (χ4n) is 2.10. The summed E-state index contributed by atoms with van der Waals surface area (Å²) < 4.78 is 6.68. The van der Waals surface area contributed by atoms with Crippen LogP contribution in [0.2, 0.25) is 5.02 Å². The molecule has 0 spiro atoms. The summed E-state index contributed by atoms with van der Waals surface area (Å²) in [6.45, 7) is 5.60. The van der Waals surface area contributed by atoms with Crippen LogP contribution in [0, 0.1) is 5.41 Å². The van der Waals surface area contributed by atoms with Gasteiger partial charge in [-0.2, -0.15) is 0 Å². The molecule has 1 heterocycles. The summed E-state index contributed by atoms with van der Waals surface area (Å²) in [5, 5.41) is 3.45. The Bertz CT molecular complexity index is 928. The zero-order chi connectivity index (χ0) is 17.5. The second kappa shape index (κ2) is 6.22. The summed E-state index contributed by atoms with van der Waals surface area (Å²) in [7, 11) is 0. The first-order valence-corrected chi connectivity index (χ1v) is 8.58. The minimum absolute atomic E-state index is 0.0550. The Balaban J connectivity index is 1.97. The summed E-state index contributed by atoms with van der Waals surface area (Å²) >= 11 is 9.65. The number of anilines is 1. The first-order chi connectivity index (χ1) is 11.2. The zero-order valence-electron chi connectivity index (χ0n) is 13.5. The van der Waals surface area contributed by atoms with Crippen molar-refractivity contribution < 1.29 is 9.21 Å². The molecule has 0 aliphatic rings. The lowest BCUT2D eigenvalue weighted by molar-refractivity contribution is -0.123. The predicted molar refractivity (Wildman–Crippen MR) is 100 cm³/mol. The SMILES string of the molecule is CC(C)(C)C(=O)Nc1ccc2oc(-c3cc(Br)ccc3Cl)nc2c1. The lowest BCUT2D eigenvalue weighted by atomic mass is 9.95. The van der Waals surface area contributed by atoms with Crippen LogP contribution in [0.1, 0.15) is 20.8 Å². The predicted octanol–water partition coefficient (Wildman–Crippen LogP) is 5.90. The Labute approximate surface area is 153 Å². The van der Waals surface area contributed by atoms with E-state index in [1.54, 1.807) is 24.3 Å². The van der Waals surface area contributed by atoms with Crippen molar-refractivity contribution in [3.8, 4) is 11.5 Å². The van der Waals surface area contributed by atoms with E-state index in [1.165, 1.54) is 0 Å². The van der Waals surface area contributed by atoms with Gasteiger partial charge in [-0.3, -0.25) is 4.79 Å². The molecule has 1 amide bonds. The molecule has 124 valence electrons. The molecule has 0 aliphatic heterocycles. The van der Waals surface area contributed by atoms with Crippen molar-refractivity contribution >= 4 is 50.2 Å². The number of halogens is 2. The van der Waals surface area contributed by atoms with Crippen LogP contribution in [0.25, 0.3) is 22.6 Å². The van der Waals surface area contributed by atoms with Crippen molar-refractivity contribution in [3.05, 3.63) is 45.9 Å².